The van der Waals surface area contributed by atoms with Gasteiger partial charge in [-0.3, -0.25) is 0 Å². The second kappa shape index (κ2) is 4.29. The van der Waals surface area contributed by atoms with Crippen molar-refractivity contribution in [2.75, 3.05) is 0 Å². The van der Waals surface area contributed by atoms with Crippen molar-refractivity contribution in [3.8, 4) is 0 Å². The van der Waals surface area contributed by atoms with E-state index in [0.29, 0.717) is 0 Å². The molecule has 0 saturated heterocycles. The van der Waals surface area contributed by atoms with Crippen molar-refractivity contribution in [1.29, 1.82) is 0 Å². The van der Waals surface area contributed by atoms with Crippen molar-refractivity contribution in [2.45, 2.75) is 0 Å². The van der Waals surface area contributed by atoms with Gasteiger partial charge in [-0.2, -0.15) is 0 Å². The lowest BCUT2D eigenvalue weighted by Crippen LogP contribution is -1.86. The number of benzene rings is 2. The summed E-state index contributed by atoms with van der Waals surface area (Å²) >= 11 is 0. The molecule has 0 N–H and O–H groups in total. The summed E-state index contributed by atoms with van der Waals surface area (Å²) in [5.74, 6) is 0. The molecule has 0 bridgehead atoms. The number of fused-ring (bicyclic) bond motifs is 3. The first-order valence-corrected chi connectivity index (χ1v) is 6.25. The molecule has 0 aliphatic heterocycles. The minimum atomic E-state index is 1.11. The summed E-state index contributed by atoms with van der Waals surface area (Å²) in [4.78, 5) is 0. The number of hydrogen-bond acceptors (Lipinski definition) is 0. The highest BCUT2D eigenvalue weighted by Gasteiger charge is 2.12. The van der Waals surface area contributed by atoms with Crippen LogP contribution in [-0.4, -0.2) is 4.57 Å². The predicted molar refractivity (Wildman–Crippen MR) is 86.0 cm³/mol. The van der Waals surface area contributed by atoms with Crippen LogP contribution >= 0.6 is 0 Å². The maximum absolute atomic E-state index is 3.94. The summed E-state index contributed by atoms with van der Waals surface area (Å²) in [5, 5.41) is 2.43. The van der Waals surface area contributed by atoms with Gasteiger partial charge in [-0.15, -0.1) is 0 Å². The summed E-state index contributed by atoms with van der Waals surface area (Å²) < 4.78 is 2.12. The molecule has 92 valence electrons. The van der Waals surface area contributed by atoms with Gasteiger partial charge in [-0.1, -0.05) is 62.2 Å². The van der Waals surface area contributed by atoms with Crippen molar-refractivity contribution >= 4 is 40.2 Å². The molecule has 3 aromatic rings. The zero-order valence-corrected chi connectivity index (χ0v) is 10.8. The molecule has 1 aromatic heterocycles. The van der Waals surface area contributed by atoms with Gasteiger partial charge in [0.05, 0.1) is 11.0 Å². The largest absolute Gasteiger partial charge is 0.316 e. The molecule has 0 spiro atoms. The Morgan fingerprint density at radius 1 is 0.842 bits per heavy atom. The van der Waals surface area contributed by atoms with E-state index in [4.69, 9.17) is 0 Å². The Balaban J connectivity index is 2.70. The van der Waals surface area contributed by atoms with Gasteiger partial charge in [0.15, 0.2) is 0 Å². The first kappa shape index (κ1) is 11.5. The van der Waals surface area contributed by atoms with Crippen molar-refractivity contribution in [3.63, 3.8) is 0 Å². The van der Waals surface area contributed by atoms with E-state index in [9.17, 15) is 0 Å². The fourth-order valence-corrected chi connectivity index (χ4v) is 2.73. The van der Waals surface area contributed by atoms with Crippen LogP contribution in [0.2, 0.25) is 0 Å². The third-order valence-corrected chi connectivity index (χ3v) is 3.53. The highest BCUT2D eigenvalue weighted by molar-refractivity contribution is 6.14. The Morgan fingerprint density at radius 3 is 2.21 bits per heavy atom. The Kier molecular flexibility index (Phi) is 2.60. The van der Waals surface area contributed by atoms with Crippen LogP contribution in [0.25, 0.3) is 40.2 Å². The van der Waals surface area contributed by atoms with Gasteiger partial charge in [0.25, 0.3) is 0 Å². The average Bonchev–Trinajstić information content (AvgIpc) is 2.80. The lowest BCUT2D eigenvalue weighted by molar-refractivity contribution is 1.29. The summed E-state index contributed by atoms with van der Waals surface area (Å²) in [6.07, 6.45) is 5.63. The van der Waals surface area contributed by atoms with Gasteiger partial charge in [0.2, 0.25) is 0 Å². The van der Waals surface area contributed by atoms with Crippen LogP contribution in [-0.2, 0) is 0 Å². The Labute approximate surface area is 112 Å². The van der Waals surface area contributed by atoms with E-state index in [0.717, 1.165) is 22.2 Å². The molecule has 0 amide bonds. The fraction of sp³-hybridized carbons (Fsp3) is 0. The van der Waals surface area contributed by atoms with Crippen LogP contribution in [0.1, 0.15) is 11.1 Å². The molecule has 0 unspecified atom stereocenters. The summed E-state index contributed by atoms with van der Waals surface area (Å²) in [6.45, 7) is 11.7. The van der Waals surface area contributed by atoms with Crippen molar-refractivity contribution < 1.29 is 0 Å². The molecule has 2 aromatic carbocycles. The molecule has 0 radical (unpaired) electrons. The summed E-state index contributed by atoms with van der Waals surface area (Å²) in [6, 6.07) is 12.5. The minimum Gasteiger partial charge on any atom is -0.316 e. The van der Waals surface area contributed by atoms with E-state index in [1.807, 2.05) is 24.4 Å². The van der Waals surface area contributed by atoms with E-state index in [2.05, 4.69) is 54.6 Å². The Bertz CT molecular complexity index is 818. The molecule has 1 heteroatoms. The van der Waals surface area contributed by atoms with E-state index in [-0.39, 0.29) is 0 Å². The first-order valence-electron chi connectivity index (χ1n) is 6.25. The molecule has 0 saturated carbocycles. The highest BCUT2D eigenvalue weighted by atomic mass is 15.0. The van der Waals surface area contributed by atoms with E-state index < -0.39 is 0 Å². The monoisotopic (exact) mass is 245 g/mol. The first-order chi connectivity index (χ1) is 9.31. The molecule has 3 rings (SSSR count). The third kappa shape index (κ3) is 1.48. The molecule has 0 aliphatic rings. The number of nitrogens with zero attached hydrogens (tertiary/aromatic N) is 1. The van der Waals surface area contributed by atoms with E-state index in [1.165, 1.54) is 10.8 Å². The fourth-order valence-electron chi connectivity index (χ4n) is 2.73. The summed E-state index contributed by atoms with van der Waals surface area (Å²) in [7, 11) is 0. The lowest BCUT2D eigenvalue weighted by Gasteiger charge is -2.02. The molecule has 19 heavy (non-hydrogen) atoms. The normalized spacial score (nSPS) is 10.7. The number of para-hydroxylation sites is 1. The standard InChI is InChI=1S/C18H15N/c1-4-13-9-8-12-16-17(13)15-11-7-10-14(5-2)18(15)19(16)6-3/h4-12H,1-3H2. The van der Waals surface area contributed by atoms with Crippen LogP contribution < -0.4 is 0 Å². The van der Waals surface area contributed by atoms with Gasteiger partial charge in [0, 0.05) is 17.0 Å². The molecule has 0 atom stereocenters. The molecular formula is C18H15N. The quantitative estimate of drug-likeness (QED) is 0.599. The lowest BCUT2D eigenvalue weighted by atomic mass is 10.0. The zero-order chi connectivity index (χ0) is 13.4. The predicted octanol–water partition coefficient (Wildman–Crippen LogP) is 5.18. The van der Waals surface area contributed by atoms with Gasteiger partial charge in [-0.25, -0.2) is 0 Å². The number of aromatic nitrogens is 1. The van der Waals surface area contributed by atoms with Gasteiger partial charge in [-0.05, 0) is 17.2 Å². The van der Waals surface area contributed by atoms with E-state index >= 15 is 0 Å². The van der Waals surface area contributed by atoms with Crippen LogP contribution in [0, 0.1) is 0 Å². The van der Waals surface area contributed by atoms with Crippen LogP contribution in [0.4, 0.5) is 0 Å². The molecular weight excluding hydrogens is 230 g/mol. The molecule has 1 heterocycles. The number of rotatable bonds is 3. The van der Waals surface area contributed by atoms with Crippen LogP contribution in [0.15, 0.2) is 56.1 Å². The van der Waals surface area contributed by atoms with Gasteiger partial charge in [0.1, 0.15) is 0 Å². The zero-order valence-electron chi connectivity index (χ0n) is 10.8. The minimum absolute atomic E-state index is 1.11. The average molecular weight is 245 g/mol. The topological polar surface area (TPSA) is 4.93 Å². The van der Waals surface area contributed by atoms with E-state index in [1.54, 1.807) is 0 Å². The second-order valence-electron chi connectivity index (χ2n) is 4.45. The van der Waals surface area contributed by atoms with Crippen molar-refractivity contribution in [3.05, 3.63) is 67.3 Å². The summed E-state index contributed by atoms with van der Waals surface area (Å²) in [5.41, 5.74) is 4.56. The SMILES string of the molecule is C=Cc1cccc2c1c1cccc(C=C)c1n2C=C. The molecule has 0 aliphatic carbocycles. The molecule has 0 fully saturated rings. The molecule has 1 nitrogen and oxygen atoms in total. The van der Waals surface area contributed by atoms with Crippen molar-refractivity contribution in [1.82, 2.24) is 4.57 Å². The van der Waals surface area contributed by atoms with Crippen LogP contribution in [0.3, 0.4) is 0 Å². The van der Waals surface area contributed by atoms with Crippen molar-refractivity contribution in [2.24, 2.45) is 0 Å². The Morgan fingerprint density at radius 2 is 1.53 bits per heavy atom. The maximum atomic E-state index is 3.94. The van der Waals surface area contributed by atoms with Gasteiger partial charge >= 0.3 is 0 Å². The number of hydrogen-bond donors (Lipinski definition) is 0. The highest BCUT2D eigenvalue weighted by Crippen LogP contribution is 2.34. The smallest absolute Gasteiger partial charge is 0.0607 e. The maximum Gasteiger partial charge on any atom is 0.0607 e. The third-order valence-electron chi connectivity index (χ3n) is 3.53. The second-order valence-corrected chi connectivity index (χ2v) is 4.45. The van der Waals surface area contributed by atoms with Gasteiger partial charge < -0.3 is 4.57 Å². The Hall–Kier alpha value is -2.54. The van der Waals surface area contributed by atoms with Crippen LogP contribution in [0.5, 0.6) is 0 Å².